The molecule has 7 nitrogen and oxygen atoms in total. The average Bonchev–Trinajstić information content (AvgIpc) is 2.94. The maximum Gasteiger partial charge on any atom is 0.262 e. The van der Waals surface area contributed by atoms with Crippen LogP contribution in [0, 0.1) is 5.92 Å². The molecule has 144 valence electrons. The van der Waals surface area contributed by atoms with Gasteiger partial charge in [0.15, 0.2) is 0 Å². The summed E-state index contributed by atoms with van der Waals surface area (Å²) in [5.41, 5.74) is 6.59. The van der Waals surface area contributed by atoms with Gasteiger partial charge in [0.05, 0.1) is 11.1 Å². The SMILES string of the molecule is CCC(C)C(C(=O)Nc1ccc(C(N)=O)cc1)N1C(=O)c2ccccc2C1=O. The maximum absolute atomic E-state index is 13.0. The molecule has 0 saturated carbocycles. The Labute approximate surface area is 162 Å². The van der Waals surface area contributed by atoms with Gasteiger partial charge >= 0.3 is 0 Å². The zero-order chi connectivity index (χ0) is 20.4. The smallest absolute Gasteiger partial charge is 0.262 e. The molecule has 0 spiro atoms. The van der Waals surface area contributed by atoms with Crippen LogP contribution in [0.1, 0.15) is 51.3 Å². The second-order valence-corrected chi connectivity index (χ2v) is 6.79. The number of nitrogens with one attached hydrogen (secondary N) is 1. The van der Waals surface area contributed by atoms with Crippen LogP contribution in [0.2, 0.25) is 0 Å². The minimum absolute atomic E-state index is 0.243. The van der Waals surface area contributed by atoms with Crippen molar-refractivity contribution in [1.29, 1.82) is 0 Å². The molecule has 2 aromatic rings. The Morgan fingerprint density at radius 1 is 1.00 bits per heavy atom. The summed E-state index contributed by atoms with van der Waals surface area (Å²) in [6.45, 7) is 3.72. The van der Waals surface area contributed by atoms with E-state index in [1.165, 1.54) is 12.1 Å². The Morgan fingerprint density at radius 3 is 2.00 bits per heavy atom. The number of rotatable bonds is 6. The highest BCUT2D eigenvalue weighted by molar-refractivity contribution is 6.23. The lowest BCUT2D eigenvalue weighted by Gasteiger charge is -2.29. The molecule has 2 aromatic carbocycles. The summed E-state index contributed by atoms with van der Waals surface area (Å²) in [5.74, 6) is -2.21. The van der Waals surface area contributed by atoms with E-state index in [4.69, 9.17) is 5.73 Å². The summed E-state index contributed by atoms with van der Waals surface area (Å²) >= 11 is 0. The molecule has 1 aliphatic rings. The molecule has 3 N–H and O–H groups in total. The van der Waals surface area contributed by atoms with E-state index in [2.05, 4.69) is 5.32 Å². The molecule has 7 heteroatoms. The normalized spacial score (nSPS) is 15.1. The monoisotopic (exact) mass is 379 g/mol. The molecule has 0 fully saturated rings. The Morgan fingerprint density at radius 2 is 1.54 bits per heavy atom. The number of carbonyl (C=O) groups is 4. The molecule has 1 heterocycles. The molecule has 0 radical (unpaired) electrons. The lowest BCUT2D eigenvalue weighted by atomic mass is 9.96. The molecule has 0 bridgehead atoms. The summed E-state index contributed by atoms with van der Waals surface area (Å²) < 4.78 is 0. The quantitative estimate of drug-likeness (QED) is 0.751. The highest BCUT2D eigenvalue weighted by Crippen LogP contribution is 2.28. The topological polar surface area (TPSA) is 110 Å². The fourth-order valence-electron chi connectivity index (χ4n) is 3.25. The lowest BCUT2D eigenvalue weighted by molar-refractivity contribution is -0.121. The molecule has 2 atom stereocenters. The predicted octanol–water partition coefficient (Wildman–Crippen LogP) is 2.43. The van der Waals surface area contributed by atoms with Gasteiger partial charge in [-0.15, -0.1) is 0 Å². The van der Waals surface area contributed by atoms with Crippen LogP contribution in [-0.2, 0) is 4.79 Å². The van der Waals surface area contributed by atoms with Gasteiger partial charge in [0.1, 0.15) is 6.04 Å². The van der Waals surface area contributed by atoms with Gasteiger partial charge in [-0.3, -0.25) is 24.1 Å². The van der Waals surface area contributed by atoms with Gasteiger partial charge in [-0.1, -0.05) is 32.4 Å². The molecule has 0 aromatic heterocycles. The van der Waals surface area contributed by atoms with E-state index in [1.807, 2.05) is 13.8 Å². The number of amides is 4. The molecular formula is C21H21N3O4. The van der Waals surface area contributed by atoms with E-state index in [0.29, 0.717) is 28.8 Å². The van der Waals surface area contributed by atoms with Crippen LogP contribution in [0.25, 0.3) is 0 Å². The van der Waals surface area contributed by atoms with Crippen LogP contribution in [0.4, 0.5) is 5.69 Å². The first-order valence-corrected chi connectivity index (χ1v) is 9.02. The van der Waals surface area contributed by atoms with Gasteiger partial charge in [-0.25, -0.2) is 0 Å². The maximum atomic E-state index is 13.0. The van der Waals surface area contributed by atoms with Crippen LogP contribution in [0.5, 0.6) is 0 Å². The number of primary amides is 1. The number of imide groups is 1. The summed E-state index contributed by atoms with van der Waals surface area (Å²) in [5, 5.41) is 2.73. The third-order valence-corrected chi connectivity index (χ3v) is 4.99. The first-order valence-electron chi connectivity index (χ1n) is 9.02. The van der Waals surface area contributed by atoms with E-state index in [-0.39, 0.29) is 5.92 Å². The van der Waals surface area contributed by atoms with Crippen molar-refractivity contribution in [1.82, 2.24) is 4.90 Å². The molecule has 3 rings (SSSR count). The molecule has 0 aliphatic carbocycles. The second-order valence-electron chi connectivity index (χ2n) is 6.79. The van der Waals surface area contributed by atoms with E-state index in [9.17, 15) is 19.2 Å². The fraction of sp³-hybridized carbons (Fsp3) is 0.238. The van der Waals surface area contributed by atoms with Crippen LogP contribution in [0.15, 0.2) is 48.5 Å². The fourth-order valence-corrected chi connectivity index (χ4v) is 3.25. The number of nitrogens with two attached hydrogens (primary N) is 1. The Bertz CT molecular complexity index is 917. The van der Waals surface area contributed by atoms with Crippen molar-refractivity contribution in [3.05, 3.63) is 65.2 Å². The molecule has 4 amide bonds. The molecule has 2 unspecified atom stereocenters. The number of benzene rings is 2. The molecule has 1 aliphatic heterocycles. The van der Waals surface area contributed by atoms with Gasteiger partial charge in [-0.2, -0.15) is 0 Å². The number of hydrogen-bond donors (Lipinski definition) is 2. The van der Waals surface area contributed by atoms with E-state index in [1.54, 1.807) is 36.4 Å². The van der Waals surface area contributed by atoms with E-state index >= 15 is 0 Å². The van der Waals surface area contributed by atoms with Gasteiger partial charge in [0, 0.05) is 11.3 Å². The summed E-state index contributed by atoms with van der Waals surface area (Å²) in [4.78, 5) is 50.9. The predicted molar refractivity (Wildman–Crippen MR) is 104 cm³/mol. The number of fused-ring (bicyclic) bond motifs is 1. The minimum atomic E-state index is -0.951. The van der Waals surface area contributed by atoms with Crippen molar-refractivity contribution >= 4 is 29.3 Å². The number of hydrogen-bond acceptors (Lipinski definition) is 4. The molecule has 0 saturated heterocycles. The lowest BCUT2D eigenvalue weighted by Crippen LogP contribution is -2.50. The second kappa shape index (κ2) is 7.64. The van der Waals surface area contributed by atoms with Gasteiger partial charge in [0.2, 0.25) is 11.8 Å². The summed E-state index contributed by atoms with van der Waals surface area (Å²) in [6, 6.07) is 11.7. The standard InChI is InChI=1S/C21H21N3O4/c1-3-12(2)17(19(26)23-14-10-8-13(9-11-14)18(22)25)24-20(27)15-6-4-5-7-16(15)21(24)28/h4-12,17H,3H2,1-2H3,(H2,22,25)(H,23,26). The third kappa shape index (κ3) is 3.38. The number of anilines is 1. The van der Waals surface area contributed by atoms with Crippen molar-refractivity contribution < 1.29 is 19.2 Å². The van der Waals surface area contributed by atoms with Crippen molar-refractivity contribution in [2.24, 2.45) is 11.7 Å². The highest BCUT2D eigenvalue weighted by atomic mass is 16.2. The molecule has 28 heavy (non-hydrogen) atoms. The first kappa shape index (κ1) is 19.3. The Hall–Kier alpha value is -3.48. The Kier molecular flexibility index (Phi) is 5.26. The van der Waals surface area contributed by atoms with Gasteiger partial charge < -0.3 is 11.1 Å². The molecular weight excluding hydrogens is 358 g/mol. The first-order chi connectivity index (χ1) is 13.3. The van der Waals surface area contributed by atoms with Crippen molar-refractivity contribution in [3.8, 4) is 0 Å². The van der Waals surface area contributed by atoms with Crippen LogP contribution >= 0.6 is 0 Å². The average molecular weight is 379 g/mol. The van der Waals surface area contributed by atoms with Crippen LogP contribution in [0.3, 0.4) is 0 Å². The largest absolute Gasteiger partial charge is 0.366 e. The minimum Gasteiger partial charge on any atom is -0.366 e. The highest BCUT2D eigenvalue weighted by Gasteiger charge is 2.44. The van der Waals surface area contributed by atoms with E-state index in [0.717, 1.165) is 4.90 Å². The third-order valence-electron chi connectivity index (χ3n) is 4.99. The van der Waals surface area contributed by atoms with Crippen molar-refractivity contribution in [3.63, 3.8) is 0 Å². The van der Waals surface area contributed by atoms with Crippen LogP contribution in [-0.4, -0.2) is 34.6 Å². The van der Waals surface area contributed by atoms with E-state index < -0.39 is 29.7 Å². The number of nitrogens with zero attached hydrogens (tertiary/aromatic N) is 1. The Balaban J connectivity index is 1.88. The zero-order valence-corrected chi connectivity index (χ0v) is 15.6. The summed E-state index contributed by atoms with van der Waals surface area (Å²) in [7, 11) is 0. The van der Waals surface area contributed by atoms with Crippen molar-refractivity contribution in [2.45, 2.75) is 26.3 Å². The van der Waals surface area contributed by atoms with Crippen molar-refractivity contribution in [2.75, 3.05) is 5.32 Å². The summed E-state index contributed by atoms with van der Waals surface area (Å²) in [6.07, 6.45) is 0.603. The zero-order valence-electron chi connectivity index (χ0n) is 15.6. The van der Waals surface area contributed by atoms with Gasteiger partial charge in [0.25, 0.3) is 11.8 Å². The van der Waals surface area contributed by atoms with Crippen LogP contribution < -0.4 is 11.1 Å². The van der Waals surface area contributed by atoms with Gasteiger partial charge in [-0.05, 0) is 42.3 Å². The number of carbonyl (C=O) groups excluding carboxylic acids is 4.